The Labute approximate surface area is 132 Å². The van der Waals surface area contributed by atoms with E-state index >= 15 is 0 Å². The van der Waals surface area contributed by atoms with Gasteiger partial charge in [0.05, 0.1) is 18.2 Å². The van der Waals surface area contributed by atoms with Crippen molar-refractivity contribution in [2.75, 3.05) is 0 Å². The van der Waals surface area contributed by atoms with E-state index in [1.165, 1.54) is 0 Å². The lowest BCUT2D eigenvalue weighted by Gasteiger charge is -2.17. The van der Waals surface area contributed by atoms with Crippen LogP contribution in [-0.4, -0.2) is 22.1 Å². The van der Waals surface area contributed by atoms with Crippen LogP contribution in [0.1, 0.15) is 39.8 Å². The molecule has 0 aliphatic rings. The number of benzene rings is 1. The fourth-order valence-electron chi connectivity index (χ4n) is 2.16. The summed E-state index contributed by atoms with van der Waals surface area (Å²) in [4.78, 5) is 23.4. The van der Waals surface area contributed by atoms with E-state index in [4.69, 9.17) is 21.2 Å². The lowest BCUT2D eigenvalue weighted by molar-refractivity contribution is -0.137. The van der Waals surface area contributed by atoms with Gasteiger partial charge < -0.3 is 14.9 Å². The van der Waals surface area contributed by atoms with E-state index < -0.39 is 17.9 Å². The number of carbonyl (C=O) groups excluding carboxylic acids is 1. The number of hydrogen-bond acceptors (Lipinski definition) is 4. The highest BCUT2D eigenvalue weighted by Gasteiger charge is 2.23. The van der Waals surface area contributed by atoms with Gasteiger partial charge in [-0.3, -0.25) is 9.59 Å². The molecule has 0 fully saturated rings. The lowest BCUT2D eigenvalue weighted by Crippen LogP contribution is -2.30. The molecular formula is C15H15ClN2O4. The number of nitrogens with zero attached hydrogens (tertiary/aromatic N) is 1. The van der Waals surface area contributed by atoms with Crippen LogP contribution in [0.3, 0.4) is 0 Å². The highest BCUT2D eigenvalue weighted by molar-refractivity contribution is 6.30. The number of carboxylic acids is 1. The molecule has 22 heavy (non-hydrogen) atoms. The number of rotatable bonds is 5. The maximum Gasteiger partial charge on any atom is 0.305 e. The number of nitrogens with one attached hydrogen (secondary N) is 1. The fourth-order valence-corrected chi connectivity index (χ4v) is 2.29. The van der Waals surface area contributed by atoms with Crippen molar-refractivity contribution in [2.24, 2.45) is 0 Å². The zero-order valence-electron chi connectivity index (χ0n) is 12.1. The number of aromatic nitrogens is 1. The van der Waals surface area contributed by atoms with Crippen LogP contribution in [0.5, 0.6) is 0 Å². The Hall–Kier alpha value is -2.34. The maximum atomic E-state index is 12.3. The van der Waals surface area contributed by atoms with Gasteiger partial charge in [-0.05, 0) is 31.5 Å². The van der Waals surface area contributed by atoms with Crippen molar-refractivity contribution < 1.29 is 19.2 Å². The van der Waals surface area contributed by atoms with Crippen LogP contribution in [0.15, 0.2) is 28.8 Å². The number of carboxylic acid groups (broad SMARTS) is 1. The van der Waals surface area contributed by atoms with Crippen LogP contribution in [0.4, 0.5) is 0 Å². The molecule has 1 aromatic heterocycles. The van der Waals surface area contributed by atoms with E-state index in [0.717, 1.165) is 0 Å². The molecule has 0 aliphatic heterocycles. The summed E-state index contributed by atoms with van der Waals surface area (Å²) in [5.74, 6) is -1.04. The van der Waals surface area contributed by atoms with Crippen LogP contribution in [0, 0.1) is 13.8 Å². The molecule has 6 nitrogen and oxygen atoms in total. The molecule has 2 N–H and O–H groups in total. The van der Waals surface area contributed by atoms with E-state index in [1.807, 2.05) is 0 Å². The van der Waals surface area contributed by atoms with Crippen LogP contribution >= 0.6 is 11.6 Å². The van der Waals surface area contributed by atoms with Gasteiger partial charge in [0, 0.05) is 5.02 Å². The van der Waals surface area contributed by atoms with Gasteiger partial charge in [-0.25, -0.2) is 0 Å². The third kappa shape index (κ3) is 3.65. The summed E-state index contributed by atoms with van der Waals surface area (Å²) < 4.78 is 4.96. The molecule has 1 heterocycles. The smallest absolute Gasteiger partial charge is 0.305 e. The minimum absolute atomic E-state index is 0.239. The third-order valence-electron chi connectivity index (χ3n) is 3.22. The van der Waals surface area contributed by atoms with Crippen molar-refractivity contribution in [3.63, 3.8) is 0 Å². The molecule has 116 valence electrons. The first kappa shape index (κ1) is 16.0. The number of aliphatic carboxylic acids is 1. The summed E-state index contributed by atoms with van der Waals surface area (Å²) in [6.07, 6.45) is -0.239. The molecule has 0 saturated heterocycles. The summed E-state index contributed by atoms with van der Waals surface area (Å²) >= 11 is 5.83. The minimum Gasteiger partial charge on any atom is -0.481 e. The van der Waals surface area contributed by atoms with E-state index in [0.29, 0.717) is 27.6 Å². The molecule has 0 spiro atoms. The van der Waals surface area contributed by atoms with Crippen molar-refractivity contribution >= 4 is 23.5 Å². The molecule has 2 rings (SSSR count). The van der Waals surface area contributed by atoms with Crippen LogP contribution in [0.2, 0.25) is 5.02 Å². The molecule has 1 amide bonds. The Bertz CT molecular complexity index is 675. The van der Waals surface area contributed by atoms with E-state index in [2.05, 4.69) is 10.5 Å². The minimum atomic E-state index is -1.01. The normalized spacial score (nSPS) is 12.0. The van der Waals surface area contributed by atoms with E-state index in [1.54, 1.807) is 38.1 Å². The summed E-state index contributed by atoms with van der Waals surface area (Å²) in [6.45, 7) is 3.28. The molecule has 1 atom stereocenters. The first-order chi connectivity index (χ1) is 10.4. The van der Waals surface area contributed by atoms with Gasteiger partial charge >= 0.3 is 5.97 Å². The molecular weight excluding hydrogens is 308 g/mol. The summed E-state index contributed by atoms with van der Waals surface area (Å²) in [7, 11) is 0. The monoisotopic (exact) mass is 322 g/mol. The van der Waals surface area contributed by atoms with E-state index in [-0.39, 0.29) is 6.42 Å². The second-order valence-electron chi connectivity index (χ2n) is 4.87. The average Bonchev–Trinajstić information content (AvgIpc) is 2.77. The summed E-state index contributed by atoms with van der Waals surface area (Å²) in [5.41, 5.74) is 1.44. The van der Waals surface area contributed by atoms with Crippen molar-refractivity contribution in [1.82, 2.24) is 10.5 Å². The SMILES string of the molecule is Cc1noc(C)c1C(=O)N[C@@H](CC(=O)O)c1ccc(Cl)cc1. The Balaban J connectivity index is 2.25. The van der Waals surface area contributed by atoms with Crippen LogP contribution in [0.25, 0.3) is 0 Å². The average molecular weight is 323 g/mol. The maximum absolute atomic E-state index is 12.3. The van der Waals surface area contributed by atoms with Gasteiger partial charge in [0.2, 0.25) is 0 Å². The van der Waals surface area contributed by atoms with Crippen LogP contribution < -0.4 is 5.32 Å². The van der Waals surface area contributed by atoms with Crippen molar-refractivity contribution in [3.05, 3.63) is 51.9 Å². The molecule has 2 aromatic rings. The van der Waals surface area contributed by atoms with Gasteiger partial charge in [-0.1, -0.05) is 28.9 Å². The molecule has 1 aromatic carbocycles. The standard InChI is InChI=1S/C15H15ClN2O4/c1-8-14(9(2)22-18-8)15(21)17-12(7-13(19)20)10-3-5-11(16)6-4-10/h3-6,12H,7H2,1-2H3,(H,17,21)(H,19,20)/t12-/m0/s1. The van der Waals surface area contributed by atoms with Crippen molar-refractivity contribution in [3.8, 4) is 0 Å². The highest BCUT2D eigenvalue weighted by atomic mass is 35.5. The summed E-state index contributed by atoms with van der Waals surface area (Å²) in [5, 5.41) is 16.0. The molecule has 0 aliphatic carbocycles. The molecule has 0 bridgehead atoms. The van der Waals surface area contributed by atoms with Crippen LogP contribution in [-0.2, 0) is 4.79 Å². The highest BCUT2D eigenvalue weighted by Crippen LogP contribution is 2.21. The largest absolute Gasteiger partial charge is 0.481 e. The van der Waals surface area contributed by atoms with Crippen molar-refractivity contribution in [2.45, 2.75) is 26.3 Å². The number of halogens is 1. The predicted molar refractivity (Wildman–Crippen MR) is 79.9 cm³/mol. The molecule has 0 radical (unpaired) electrons. The van der Waals surface area contributed by atoms with E-state index in [9.17, 15) is 9.59 Å². The zero-order chi connectivity index (χ0) is 16.3. The Morgan fingerprint density at radius 2 is 1.95 bits per heavy atom. The number of amides is 1. The topological polar surface area (TPSA) is 92.4 Å². The third-order valence-corrected chi connectivity index (χ3v) is 3.47. The van der Waals surface area contributed by atoms with Gasteiger partial charge in [0.1, 0.15) is 11.3 Å². The first-order valence-electron chi connectivity index (χ1n) is 6.59. The predicted octanol–water partition coefficient (Wildman–Crippen LogP) is 2.89. The van der Waals surface area contributed by atoms with Gasteiger partial charge in [0.25, 0.3) is 5.91 Å². The Kier molecular flexibility index (Phi) is 4.82. The Morgan fingerprint density at radius 3 is 2.45 bits per heavy atom. The quantitative estimate of drug-likeness (QED) is 0.883. The summed E-state index contributed by atoms with van der Waals surface area (Å²) in [6, 6.07) is 5.99. The number of carbonyl (C=O) groups is 2. The second kappa shape index (κ2) is 6.62. The van der Waals surface area contributed by atoms with Gasteiger partial charge in [-0.2, -0.15) is 0 Å². The molecule has 7 heteroatoms. The number of hydrogen-bond donors (Lipinski definition) is 2. The van der Waals surface area contributed by atoms with Gasteiger partial charge in [0.15, 0.2) is 0 Å². The molecule has 0 saturated carbocycles. The first-order valence-corrected chi connectivity index (χ1v) is 6.97. The zero-order valence-corrected chi connectivity index (χ0v) is 12.8. The van der Waals surface area contributed by atoms with Crippen molar-refractivity contribution in [1.29, 1.82) is 0 Å². The second-order valence-corrected chi connectivity index (χ2v) is 5.31. The van der Waals surface area contributed by atoms with Gasteiger partial charge in [-0.15, -0.1) is 0 Å². The number of aryl methyl sites for hydroxylation is 2. The Morgan fingerprint density at radius 1 is 1.32 bits per heavy atom. The lowest BCUT2D eigenvalue weighted by atomic mass is 10.0. The molecule has 0 unspecified atom stereocenters. The fraction of sp³-hybridized carbons (Fsp3) is 0.267.